The number of methoxy groups -OCH3 is 1. The van der Waals surface area contributed by atoms with Crippen LogP contribution in [-0.2, 0) is 11.2 Å². The van der Waals surface area contributed by atoms with Gasteiger partial charge in [0.1, 0.15) is 13.2 Å². The minimum Gasteiger partial charge on any atom is -0.486 e. The Kier molecular flexibility index (Phi) is 4.44. The third-order valence-corrected chi connectivity index (χ3v) is 3.01. The minimum absolute atomic E-state index is 0.00833. The highest BCUT2D eigenvalue weighted by molar-refractivity contribution is 6.20. The van der Waals surface area contributed by atoms with Crippen LogP contribution >= 0.6 is 11.6 Å². The van der Waals surface area contributed by atoms with E-state index < -0.39 is 4.92 Å². The van der Waals surface area contributed by atoms with Gasteiger partial charge in [0.25, 0.3) is 5.69 Å². The van der Waals surface area contributed by atoms with Crippen molar-refractivity contribution in [3.05, 3.63) is 27.8 Å². The monoisotopic (exact) mass is 287 g/mol. The van der Waals surface area contributed by atoms with Crippen molar-refractivity contribution in [1.82, 2.24) is 0 Å². The van der Waals surface area contributed by atoms with Crippen LogP contribution in [0, 0.1) is 10.1 Å². The van der Waals surface area contributed by atoms with Crippen LogP contribution in [-0.4, -0.2) is 37.2 Å². The molecule has 6 nitrogen and oxygen atoms in total. The van der Waals surface area contributed by atoms with E-state index in [4.69, 9.17) is 25.8 Å². The third kappa shape index (κ3) is 3.27. The van der Waals surface area contributed by atoms with Crippen molar-refractivity contribution in [1.29, 1.82) is 0 Å². The average molecular weight is 288 g/mol. The van der Waals surface area contributed by atoms with Gasteiger partial charge in [-0.3, -0.25) is 10.1 Å². The second-order valence-corrected chi connectivity index (χ2v) is 4.76. The molecular formula is C12H14ClNO5. The lowest BCUT2D eigenvalue weighted by molar-refractivity contribution is -0.385. The van der Waals surface area contributed by atoms with E-state index in [-0.39, 0.29) is 11.1 Å². The predicted molar refractivity (Wildman–Crippen MR) is 69.3 cm³/mol. The van der Waals surface area contributed by atoms with Crippen LogP contribution in [0.25, 0.3) is 0 Å². The van der Waals surface area contributed by atoms with Crippen LogP contribution in [0.5, 0.6) is 11.5 Å². The minimum atomic E-state index is -0.440. The van der Waals surface area contributed by atoms with Gasteiger partial charge in [-0.1, -0.05) is 0 Å². The average Bonchev–Trinajstić information content (AvgIpc) is 2.38. The van der Waals surface area contributed by atoms with Crippen molar-refractivity contribution in [3.8, 4) is 11.5 Å². The number of rotatable bonds is 5. The number of hydrogen-bond acceptors (Lipinski definition) is 5. The lowest BCUT2D eigenvalue weighted by Gasteiger charge is -2.19. The molecule has 0 bridgehead atoms. The highest BCUT2D eigenvalue weighted by Gasteiger charge is 2.23. The fourth-order valence-electron chi connectivity index (χ4n) is 1.93. The molecule has 0 fully saturated rings. The maximum absolute atomic E-state index is 11.1. The molecule has 0 N–H and O–H groups in total. The summed E-state index contributed by atoms with van der Waals surface area (Å²) in [6.45, 7) is 1.16. The molecule has 0 radical (unpaired) electrons. The Morgan fingerprint density at radius 3 is 2.63 bits per heavy atom. The number of halogens is 1. The first-order valence-electron chi connectivity index (χ1n) is 5.81. The molecule has 104 valence electrons. The Hall–Kier alpha value is -1.53. The molecule has 0 spiro atoms. The molecule has 0 saturated carbocycles. The van der Waals surface area contributed by atoms with Crippen LogP contribution in [0.4, 0.5) is 5.69 Å². The smallest absolute Gasteiger partial charge is 0.276 e. The Morgan fingerprint density at radius 1 is 1.42 bits per heavy atom. The Morgan fingerprint density at radius 2 is 2.05 bits per heavy atom. The van der Waals surface area contributed by atoms with Gasteiger partial charge >= 0.3 is 0 Å². The van der Waals surface area contributed by atoms with Crippen molar-refractivity contribution in [2.45, 2.75) is 11.8 Å². The maximum atomic E-state index is 11.1. The first-order valence-corrected chi connectivity index (χ1v) is 6.25. The van der Waals surface area contributed by atoms with Gasteiger partial charge in [-0.25, -0.2) is 0 Å². The van der Waals surface area contributed by atoms with Gasteiger partial charge in [0.2, 0.25) is 0 Å². The van der Waals surface area contributed by atoms with E-state index in [1.165, 1.54) is 13.2 Å². The lowest BCUT2D eigenvalue weighted by atomic mass is 10.1. The number of nitro groups is 1. The van der Waals surface area contributed by atoms with Crippen molar-refractivity contribution < 1.29 is 19.1 Å². The molecule has 1 atom stereocenters. The molecule has 1 unspecified atom stereocenters. The molecule has 0 aliphatic carbocycles. The molecule has 2 rings (SSSR count). The normalized spacial score (nSPS) is 15.1. The summed E-state index contributed by atoms with van der Waals surface area (Å²) >= 11 is 6.06. The van der Waals surface area contributed by atoms with E-state index in [1.54, 1.807) is 6.07 Å². The number of fused-ring (bicyclic) bond motifs is 1. The van der Waals surface area contributed by atoms with E-state index >= 15 is 0 Å². The van der Waals surface area contributed by atoms with E-state index in [9.17, 15) is 10.1 Å². The highest BCUT2D eigenvalue weighted by Crippen LogP contribution is 2.37. The topological polar surface area (TPSA) is 70.8 Å². The van der Waals surface area contributed by atoms with Gasteiger partial charge in [-0.2, -0.15) is 0 Å². The Balaban J connectivity index is 2.31. The molecule has 1 aliphatic heterocycles. The fourth-order valence-corrected chi connectivity index (χ4v) is 2.22. The summed E-state index contributed by atoms with van der Waals surface area (Å²) in [6.07, 6.45) is 0.336. The first-order chi connectivity index (χ1) is 9.11. The van der Waals surface area contributed by atoms with E-state index in [2.05, 4.69) is 0 Å². The van der Waals surface area contributed by atoms with Crippen molar-refractivity contribution in [3.63, 3.8) is 0 Å². The zero-order valence-corrected chi connectivity index (χ0v) is 11.2. The van der Waals surface area contributed by atoms with Gasteiger partial charge in [0.15, 0.2) is 11.5 Å². The fraction of sp³-hybridized carbons (Fsp3) is 0.500. The maximum Gasteiger partial charge on any atom is 0.276 e. The van der Waals surface area contributed by atoms with Crippen LogP contribution in [0.1, 0.15) is 5.56 Å². The Bertz CT molecular complexity index is 479. The summed E-state index contributed by atoms with van der Waals surface area (Å²) in [4.78, 5) is 10.6. The summed E-state index contributed by atoms with van der Waals surface area (Å²) < 4.78 is 15.7. The zero-order chi connectivity index (χ0) is 13.8. The molecular weight excluding hydrogens is 274 g/mol. The van der Waals surface area contributed by atoms with Crippen LogP contribution in [0.15, 0.2) is 12.1 Å². The molecule has 1 heterocycles. The highest BCUT2D eigenvalue weighted by atomic mass is 35.5. The van der Waals surface area contributed by atoms with E-state index in [0.29, 0.717) is 43.3 Å². The SMILES string of the molecule is COCC(Cl)Cc1cc2c(cc1[N+](=O)[O-])OCCO2. The molecule has 7 heteroatoms. The van der Waals surface area contributed by atoms with Gasteiger partial charge in [0.05, 0.1) is 23.0 Å². The number of hydrogen-bond donors (Lipinski definition) is 0. The number of alkyl halides is 1. The van der Waals surface area contributed by atoms with Gasteiger partial charge in [0, 0.05) is 12.7 Å². The van der Waals surface area contributed by atoms with Crippen molar-refractivity contribution in [2.24, 2.45) is 0 Å². The summed E-state index contributed by atoms with van der Waals surface area (Å²) in [5.41, 5.74) is 0.511. The van der Waals surface area contributed by atoms with Crippen molar-refractivity contribution >= 4 is 17.3 Å². The first kappa shape index (κ1) is 13.9. The Labute approximate surface area is 115 Å². The van der Waals surface area contributed by atoms with E-state index in [0.717, 1.165) is 0 Å². The second kappa shape index (κ2) is 6.08. The number of nitro benzene ring substituents is 1. The van der Waals surface area contributed by atoms with E-state index in [1.807, 2.05) is 0 Å². The quantitative estimate of drug-likeness (QED) is 0.471. The summed E-state index contributed by atoms with van der Waals surface area (Å²) in [7, 11) is 1.54. The molecule has 1 aromatic carbocycles. The molecule has 0 saturated heterocycles. The molecule has 0 aromatic heterocycles. The largest absolute Gasteiger partial charge is 0.486 e. The number of benzene rings is 1. The zero-order valence-electron chi connectivity index (χ0n) is 10.4. The summed E-state index contributed by atoms with van der Waals surface area (Å²) in [6, 6.07) is 3.01. The van der Waals surface area contributed by atoms with Crippen molar-refractivity contribution in [2.75, 3.05) is 26.9 Å². The predicted octanol–water partition coefficient (Wildman–Crippen LogP) is 2.16. The molecule has 19 heavy (non-hydrogen) atoms. The van der Waals surface area contributed by atoms with Gasteiger partial charge < -0.3 is 14.2 Å². The standard InChI is InChI=1S/C12H14ClNO5/c1-17-7-9(13)4-8-5-11-12(19-3-2-18-11)6-10(8)14(15)16/h5-6,9H,2-4,7H2,1H3. The van der Waals surface area contributed by atoms with Crippen LogP contribution in [0.2, 0.25) is 0 Å². The number of nitrogens with zero attached hydrogens (tertiary/aromatic N) is 1. The molecule has 1 aromatic rings. The van der Waals surface area contributed by atoms with Crippen LogP contribution < -0.4 is 9.47 Å². The molecule has 0 amide bonds. The van der Waals surface area contributed by atoms with Crippen LogP contribution in [0.3, 0.4) is 0 Å². The van der Waals surface area contributed by atoms with Gasteiger partial charge in [-0.05, 0) is 12.5 Å². The second-order valence-electron chi connectivity index (χ2n) is 4.14. The number of ether oxygens (including phenoxy) is 3. The third-order valence-electron chi connectivity index (χ3n) is 2.73. The molecule has 1 aliphatic rings. The summed E-state index contributed by atoms with van der Waals surface area (Å²) in [5.74, 6) is 0.924. The van der Waals surface area contributed by atoms with Gasteiger partial charge in [-0.15, -0.1) is 11.6 Å². The summed E-state index contributed by atoms with van der Waals surface area (Å²) in [5, 5.41) is 10.8. The lowest BCUT2D eigenvalue weighted by Crippen LogP contribution is -2.17.